The number of nitrogens with one attached hydrogen (secondary N) is 1. The van der Waals surface area contributed by atoms with Gasteiger partial charge in [-0.15, -0.1) is 10.2 Å². The van der Waals surface area contributed by atoms with Crippen molar-refractivity contribution in [2.24, 2.45) is 5.10 Å². The lowest BCUT2D eigenvalue weighted by atomic mass is 10.1. The van der Waals surface area contributed by atoms with E-state index in [2.05, 4.69) is 20.7 Å². The second-order valence-electron chi connectivity index (χ2n) is 7.95. The Morgan fingerprint density at radius 2 is 1.86 bits per heavy atom. The van der Waals surface area contributed by atoms with Crippen molar-refractivity contribution >= 4 is 23.9 Å². The van der Waals surface area contributed by atoms with E-state index in [-0.39, 0.29) is 17.4 Å². The zero-order chi connectivity index (χ0) is 26.2. The van der Waals surface area contributed by atoms with E-state index < -0.39 is 0 Å². The van der Waals surface area contributed by atoms with Crippen LogP contribution in [-0.2, 0) is 4.79 Å². The molecule has 0 saturated heterocycles. The van der Waals surface area contributed by atoms with Crippen LogP contribution in [0.25, 0.3) is 17.1 Å². The minimum atomic E-state index is -0.300. The van der Waals surface area contributed by atoms with Crippen molar-refractivity contribution in [2.75, 3.05) is 19.5 Å². The zero-order valence-corrected chi connectivity index (χ0v) is 21.5. The summed E-state index contributed by atoms with van der Waals surface area (Å²) in [5.41, 5.74) is 6.10. The number of ether oxygens (including phenoxy) is 2. The van der Waals surface area contributed by atoms with Crippen LogP contribution in [0.15, 0.2) is 77.0 Å². The number of hydrogen-bond donors (Lipinski definition) is 2. The van der Waals surface area contributed by atoms with Crippen molar-refractivity contribution in [1.82, 2.24) is 20.2 Å². The molecular weight excluding hydrogens is 490 g/mol. The second kappa shape index (κ2) is 12.1. The van der Waals surface area contributed by atoms with Crippen LogP contribution < -0.4 is 14.9 Å². The highest BCUT2D eigenvalue weighted by Gasteiger charge is 2.17. The summed E-state index contributed by atoms with van der Waals surface area (Å²) in [4.78, 5) is 12.5. The largest absolute Gasteiger partial charge is 0.504 e. The quantitative estimate of drug-likeness (QED) is 0.180. The number of amides is 1. The lowest BCUT2D eigenvalue weighted by molar-refractivity contribution is -0.118. The zero-order valence-electron chi connectivity index (χ0n) is 20.7. The van der Waals surface area contributed by atoms with Crippen LogP contribution >= 0.6 is 11.8 Å². The van der Waals surface area contributed by atoms with Gasteiger partial charge < -0.3 is 14.6 Å². The summed E-state index contributed by atoms with van der Waals surface area (Å²) in [5.74, 6) is 1.59. The fourth-order valence-electron chi connectivity index (χ4n) is 3.44. The second-order valence-corrected chi connectivity index (χ2v) is 8.89. The van der Waals surface area contributed by atoms with Crippen molar-refractivity contribution in [3.63, 3.8) is 0 Å². The van der Waals surface area contributed by atoms with Crippen molar-refractivity contribution in [3.05, 3.63) is 77.9 Å². The Hall–Kier alpha value is -4.31. The summed E-state index contributed by atoms with van der Waals surface area (Å²) < 4.78 is 12.6. The van der Waals surface area contributed by atoms with E-state index in [0.717, 1.165) is 22.6 Å². The third kappa shape index (κ3) is 6.47. The summed E-state index contributed by atoms with van der Waals surface area (Å²) in [5, 5.41) is 23.2. The topological polar surface area (TPSA) is 111 Å². The minimum absolute atomic E-state index is 0.0467. The molecule has 0 spiro atoms. The summed E-state index contributed by atoms with van der Waals surface area (Å²) in [6.07, 6.45) is 1.49. The lowest BCUT2D eigenvalue weighted by Gasteiger charge is -2.11. The van der Waals surface area contributed by atoms with Crippen LogP contribution in [0.2, 0.25) is 0 Å². The summed E-state index contributed by atoms with van der Waals surface area (Å²) >= 11 is 1.25. The molecule has 4 rings (SSSR count). The number of carbonyl (C=O) groups excluding carboxylic acids is 1. The molecule has 10 heteroatoms. The fourth-order valence-corrected chi connectivity index (χ4v) is 4.18. The highest BCUT2D eigenvalue weighted by molar-refractivity contribution is 7.99. The first-order valence-corrected chi connectivity index (χ1v) is 12.5. The first-order valence-electron chi connectivity index (χ1n) is 11.6. The number of phenols is 1. The standard InChI is InChI=1S/C27H27N5O4S/c1-4-36-24-15-19(7-14-23(24)33)16-28-29-25(34)17-37-27-31-30-26(20-8-5-18(2)6-9-20)32(27)21-10-12-22(35-3)13-11-21/h5-16,33H,4,17H2,1-3H3,(H,29,34)/b28-16+. The predicted molar refractivity (Wildman–Crippen MR) is 144 cm³/mol. The van der Waals surface area contributed by atoms with Gasteiger partial charge in [0.1, 0.15) is 5.75 Å². The highest BCUT2D eigenvalue weighted by atomic mass is 32.2. The SMILES string of the molecule is CCOc1cc(/C=N/NC(=O)CSc2nnc(-c3ccc(C)cc3)n2-c2ccc(OC)cc2)ccc1O. The molecule has 1 aromatic heterocycles. The smallest absolute Gasteiger partial charge is 0.250 e. The Morgan fingerprint density at radius 1 is 1.11 bits per heavy atom. The molecule has 0 atom stereocenters. The number of hydrogen-bond acceptors (Lipinski definition) is 8. The van der Waals surface area contributed by atoms with Gasteiger partial charge in [-0.25, -0.2) is 5.43 Å². The van der Waals surface area contributed by atoms with E-state index in [0.29, 0.717) is 28.9 Å². The van der Waals surface area contributed by atoms with Gasteiger partial charge in [0, 0.05) is 11.3 Å². The van der Waals surface area contributed by atoms with Gasteiger partial charge in [0.15, 0.2) is 22.5 Å². The Morgan fingerprint density at radius 3 is 2.57 bits per heavy atom. The number of aromatic nitrogens is 3. The van der Waals surface area contributed by atoms with Gasteiger partial charge in [-0.1, -0.05) is 41.6 Å². The van der Waals surface area contributed by atoms with Crippen LogP contribution in [0, 0.1) is 6.92 Å². The monoisotopic (exact) mass is 517 g/mol. The average molecular weight is 518 g/mol. The van der Waals surface area contributed by atoms with E-state index in [1.54, 1.807) is 19.2 Å². The van der Waals surface area contributed by atoms with E-state index in [1.807, 2.05) is 66.9 Å². The number of hydrazone groups is 1. The maximum atomic E-state index is 12.5. The maximum Gasteiger partial charge on any atom is 0.250 e. The molecule has 190 valence electrons. The van der Waals surface area contributed by atoms with Gasteiger partial charge in [0.05, 0.1) is 25.7 Å². The van der Waals surface area contributed by atoms with E-state index in [9.17, 15) is 9.90 Å². The third-order valence-corrected chi connectivity index (χ3v) is 6.22. The normalized spacial score (nSPS) is 11.0. The van der Waals surface area contributed by atoms with Crippen LogP contribution in [0.5, 0.6) is 17.2 Å². The van der Waals surface area contributed by atoms with Crippen LogP contribution in [0.4, 0.5) is 0 Å². The first-order chi connectivity index (χ1) is 18.0. The molecule has 0 fully saturated rings. The molecule has 0 radical (unpaired) electrons. The number of aryl methyl sites for hydroxylation is 1. The molecule has 0 unspecified atom stereocenters. The number of benzene rings is 3. The molecule has 0 aliphatic rings. The summed E-state index contributed by atoms with van der Waals surface area (Å²) in [7, 11) is 1.62. The Bertz CT molecular complexity index is 1390. The molecular formula is C27H27N5O4S. The molecule has 2 N–H and O–H groups in total. The Balaban J connectivity index is 1.48. The molecule has 0 saturated carbocycles. The average Bonchev–Trinajstić information content (AvgIpc) is 3.34. The van der Waals surface area contributed by atoms with Crippen molar-refractivity contribution in [3.8, 4) is 34.3 Å². The van der Waals surface area contributed by atoms with Crippen LogP contribution in [0.1, 0.15) is 18.1 Å². The summed E-state index contributed by atoms with van der Waals surface area (Å²) in [6.45, 7) is 4.28. The van der Waals surface area contributed by atoms with Crippen molar-refractivity contribution in [2.45, 2.75) is 19.0 Å². The van der Waals surface area contributed by atoms with Crippen molar-refractivity contribution < 1.29 is 19.4 Å². The molecule has 37 heavy (non-hydrogen) atoms. The number of aromatic hydroxyl groups is 1. The van der Waals surface area contributed by atoms with Gasteiger partial charge >= 0.3 is 0 Å². The fraction of sp³-hybridized carbons (Fsp3) is 0.185. The molecule has 9 nitrogen and oxygen atoms in total. The number of rotatable bonds is 10. The number of thioether (sulfide) groups is 1. The van der Waals surface area contributed by atoms with Crippen LogP contribution in [0.3, 0.4) is 0 Å². The number of phenolic OH excluding ortho intramolecular Hbond substituents is 1. The van der Waals surface area contributed by atoms with Gasteiger partial charge in [-0.2, -0.15) is 5.10 Å². The van der Waals surface area contributed by atoms with Crippen LogP contribution in [-0.4, -0.2) is 51.5 Å². The molecule has 0 aliphatic heterocycles. The minimum Gasteiger partial charge on any atom is -0.504 e. The van der Waals surface area contributed by atoms with E-state index in [1.165, 1.54) is 24.0 Å². The van der Waals surface area contributed by atoms with Gasteiger partial charge in [0.25, 0.3) is 5.91 Å². The molecule has 1 heterocycles. The van der Waals surface area contributed by atoms with E-state index in [4.69, 9.17) is 9.47 Å². The Labute approximate surface area is 219 Å². The summed E-state index contributed by atoms with van der Waals surface area (Å²) in [6, 6.07) is 20.4. The number of methoxy groups -OCH3 is 1. The van der Waals surface area contributed by atoms with Gasteiger partial charge in [0.2, 0.25) is 0 Å². The first kappa shape index (κ1) is 25.8. The molecule has 0 aliphatic carbocycles. The molecule has 1 amide bonds. The van der Waals surface area contributed by atoms with Gasteiger partial charge in [-0.05, 0) is 61.9 Å². The predicted octanol–water partition coefficient (Wildman–Crippen LogP) is 4.60. The number of nitrogens with zero attached hydrogens (tertiary/aromatic N) is 4. The molecule has 0 bridgehead atoms. The third-order valence-electron chi connectivity index (χ3n) is 5.29. The molecule has 3 aromatic carbocycles. The van der Waals surface area contributed by atoms with Gasteiger partial charge in [-0.3, -0.25) is 9.36 Å². The van der Waals surface area contributed by atoms with E-state index >= 15 is 0 Å². The highest BCUT2D eigenvalue weighted by Crippen LogP contribution is 2.29. The lowest BCUT2D eigenvalue weighted by Crippen LogP contribution is -2.20. The van der Waals surface area contributed by atoms with Crippen molar-refractivity contribution in [1.29, 1.82) is 0 Å². The Kier molecular flexibility index (Phi) is 8.42. The number of carbonyl (C=O) groups is 1. The molecule has 4 aromatic rings. The maximum absolute atomic E-state index is 12.5.